The fourth-order valence-electron chi connectivity index (χ4n) is 3.33. The second-order valence-electron chi connectivity index (χ2n) is 6.00. The van der Waals surface area contributed by atoms with Crippen LogP contribution in [0.25, 0.3) is 10.9 Å². The lowest BCUT2D eigenvalue weighted by Crippen LogP contribution is -2.39. The highest BCUT2D eigenvalue weighted by molar-refractivity contribution is 5.76. The van der Waals surface area contributed by atoms with Gasteiger partial charge in [0, 0.05) is 6.04 Å². The molecule has 0 unspecified atom stereocenters. The molecule has 1 aliphatic rings. The van der Waals surface area contributed by atoms with Gasteiger partial charge >= 0.3 is 5.69 Å². The smallest absolute Gasteiger partial charge is 0.307 e. The molecule has 2 aromatic rings. The van der Waals surface area contributed by atoms with Gasteiger partial charge in [0.05, 0.1) is 10.9 Å². The fraction of sp³-hybridized carbons (Fsp3) is 0.412. The number of hydrogen-bond acceptors (Lipinski definition) is 2. The first kappa shape index (κ1) is 13.9. The van der Waals surface area contributed by atoms with E-state index < -0.39 is 0 Å². The molecule has 4 nitrogen and oxygen atoms in total. The van der Waals surface area contributed by atoms with Crippen molar-refractivity contribution >= 4 is 10.9 Å². The van der Waals surface area contributed by atoms with E-state index in [1.807, 2.05) is 12.1 Å². The molecule has 1 heterocycles. The van der Waals surface area contributed by atoms with Crippen LogP contribution in [0.2, 0.25) is 0 Å². The maximum atomic E-state index is 12.6. The van der Waals surface area contributed by atoms with Crippen LogP contribution in [-0.4, -0.2) is 9.55 Å². The molecule has 1 aromatic heterocycles. The molecule has 1 saturated carbocycles. The van der Waals surface area contributed by atoms with Crippen molar-refractivity contribution < 1.29 is 0 Å². The van der Waals surface area contributed by atoms with E-state index >= 15 is 0 Å². The third-order valence-corrected chi connectivity index (χ3v) is 4.60. The second-order valence-corrected chi connectivity index (χ2v) is 6.00. The number of benzene rings is 1. The number of aromatic amines is 1. The maximum Gasteiger partial charge on any atom is 0.329 e. The quantitative estimate of drug-likeness (QED) is 0.862. The Hall–Kier alpha value is -2.10. The Morgan fingerprint density at radius 3 is 2.52 bits per heavy atom. The van der Waals surface area contributed by atoms with Crippen LogP contribution in [0, 0.1) is 5.92 Å². The molecule has 4 heteroatoms. The van der Waals surface area contributed by atoms with Crippen molar-refractivity contribution in [2.24, 2.45) is 5.92 Å². The van der Waals surface area contributed by atoms with Gasteiger partial charge in [-0.25, -0.2) is 4.79 Å². The topological polar surface area (TPSA) is 54.9 Å². The second kappa shape index (κ2) is 5.35. The van der Waals surface area contributed by atoms with Crippen LogP contribution in [0.1, 0.15) is 38.6 Å². The van der Waals surface area contributed by atoms with Crippen molar-refractivity contribution in [3.05, 3.63) is 57.3 Å². The minimum Gasteiger partial charge on any atom is -0.307 e. The van der Waals surface area contributed by atoms with E-state index in [1.165, 1.54) is 10.1 Å². The molecule has 3 rings (SSSR count). The molecule has 0 bridgehead atoms. The van der Waals surface area contributed by atoms with Crippen molar-refractivity contribution in [3.8, 4) is 0 Å². The summed E-state index contributed by atoms with van der Waals surface area (Å²) in [6.07, 6.45) is 3.72. The summed E-state index contributed by atoms with van der Waals surface area (Å²) in [5.74, 6) is 0.525. The number of hydrogen-bond donors (Lipinski definition) is 1. The van der Waals surface area contributed by atoms with Crippen LogP contribution in [-0.2, 0) is 0 Å². The highest BCUT2D eigenvalue weighted by atomic mass is 16.2. The zero-order chi connectivity index (χ0) is 15.0. The first-order valence-electron chi connectivity index (χ1n) is 7.47. The van der Waals surface area contributed by atoms with Gasteiger partial charge in [-0.2, -0.15) is 0 Å². The Balaban J connectivity index is 2.00. The molecule has 1 fully saturated rings. The summed E-state index contributed by atoms with van der Waals surface area (Å²) in [4.78, 5) is 27.7. The van der Waals surface area contributed by atoms with Gasteiger partial charge < -0.3 is 4.98 Å². The summed E-state index contributed by atoms with van der Waals surface area (Å²) in [7, 11) is 0. The normalized spacial score (nSPS) is 22.3. The molecular formula is C17H20N2O2. The van der Waals surface area contributed by atoms with Crippen LogP contribution in [0.15, 0.2) is 46.0 Å². The first-order chi connectivity index (χ1) is 10.1. The molecule has 0 amide bonds. The van der Waals surface area contributed by atoms with Crippen LogP contribution < -0.4 is 11.2 Å². The van der Waals surface area contributed by atoms with Crippen molar-refractivity contribution in [1.29, 1.82) is 0 Å². The molecular weight excluding hydrogens is 264 g/mol. The number of aromatic nitrogens is 2. The van der Waals surface area contributed by atoms with Crippen LogP contribution in [0.4, 0.5) is 0 Å². The SMILES string of the molecule is C=C(C)C1CCC(n2c(=O)[nH]c3ccccc3c2=O)CC1. The minimum atomic E-state index is -0.294. The van der Waals surface area contributed by atoms with Gasteiger partial charge in [0.1, 0.15) is 0 Å². The molecule has 0 radical (unpaired) electrons. The Labute approximate surface area is 123 Å². The molecule has 21 heavy (non-hydrogen) atoms. The van der Waals surface area contributed by atoms with E-state index in [9.17, 15) is 9.59 Å². The number of nitrogens with zero attached hydrogens (tertiary/aromatic N) is 1. The monoisotopic (exact) mass is 284 g/mol. The fourth-order valence-corrected chi connectivity index (χ4v) is 3.33. The van der Waals surface area contributed by atoms with Gasteiger partial charge in [0.15, 0.2) is 0 Å². The predicted molar refractivity (Wildman–Crippen MR) is 84.6 cm³/mol. The Bertz CT molecular complexity index is 792. The summed E-state index contributed by atoms with van der Waals surface area (Å²) < 4.78 is 1.41. The average Bonchev–Trinajstić information content (AvgIpc) is 2.48. The van der Waals surface area contributed by atoms with Gasteiger partial charge in [-0.15, -0.1) is 0 Å². The summed E-state index contributed by atoms with van der Waals surface area (Å²) >= 11 is 0. The number of nitrogens with one attached hydrogen (secondary N) is 1. The molecule has 1 aromatic carbocycles. The summed E-state index contributed by atoms with van der Waals surface area (Å²) in [6, 6.07) is 7.18. The number of rotatable bonds is 2. The van der Waals surface area contributed by atoms with Gasteiger partial charge in [-0.05, 0) is 50.7 Å². The summed E-state index contributed by atoms with van der Waals surface area (Å²) in [5, 5.41) is 0.583. The third-order valence-electron chi connectivity index (χ3n) is 4.60. The van der Waals surface area contributed by atoms with Crippen molar-refractivity contribution in [2.75, 3.05) is 0 Å². The van der Waals surface area contributed by atoms with Crippen molar-refractivity contribution in [1.82, 2.24) is 9.55 Å². The highest BCUT2D eigenvalue weighted by Gasteiger charge is 2.25. The number of allylic oxidation sites excluding steroid dienone is 1. The maximum absolute atomic E-state index is 12.6. The molecule has 110 valence electrons. The van der Waals surface area contributed by atoms with E-state index in [1.54, 1.807) is 12.1 Å². The third kappa shape index (κ3) is 2.46. The van der Waals surface area contributed by atoms with Crippen molar-refractivity contribution in [2.45, 2.75) is 38.6 Å². The van der Waals surface area contributed by atoms with Crippen LogP contribution in [0.3, 0.4) is 0 Å². The number of H-pyrrole nitrogens is 1. The average molecular weight is 284 g/mol. The lowest BCUT2D eigenvalue weighted by molar-refractivity contribution is 0.290. The van der Waals surface area contributed by atoms with E-state index in [-0.39, 0.29) is 17.3 Å². The summed E-state index contributed by atoms with van der Waals surface area (Å²) in [5.41, 5.74) is 1.35. The number of fused-ring (bicyclic) bond motifs is 1. The molecule has 0 saturated heterocycles. The zero-order valence-electron chi connectivity index (χ0n) is 12.3. The van der Waals surface area contributed by atoms with Gasteiger partial charge in [0.25, 0.3) is 5.56 Å². The van der Waals surface area contributed by atoms with Gasteiger partial charge in [0.2, 0.25) is 0 Å². The highest BCUT2D eigenvalue weighted by Crippen LogP contribution is 2.34. The first-order valence-corrected chi connectivity index (χ1v) is 7.47. The Kier molecular flexibility index (Phi) is 3.53. The van der Waals surface area contributed by atoms with Crippen molar-refractivity contribution in [3.63, 3.8) is 0 Å². The molecule has 0 spiro atoms. The van der Waals surface area contributed by atoms with E-state index in [0.29, 0.717) is 16.8 Å². The van der Waals surface area contributed by atoms with Gasteiger partial charge in [-0.3, -0.25) is 9.36 Å². The molecule has 0 aliphatic heterocycles. The lowest BCUT2D eigenvalue weighted by atomic mass is 9.82. The Morgan fingerprint density at radius 2 is 1.86 bits per heavy atom. The van der Waals surface area contributed by atoms with E-state index in [0.717, 1.165) is 25.7 Å². The van der Waals surface area contributed by atoms with Crippen LogP contribution >= 0.6 is 0 Å². The molecule has 1 aliphatic carbocycles. The summed E-state index contributed by atoms with van der Waals surface area (Å²) in [6.45, 7) is 6.07. The molecule has 0 atom stereocenters. The van der Waals surface area contributed by atoms with Gasteiger partial charge in [-0.1, -0.05) is 24.3 Å². The van der Waals surface area contributed by atoms with Crippen LogP contribution in [0.5, 0.6) is 0 Å². The largest absolute Gasteiger partial charge is 0.329 e. The zero-order valence-corrected chi connectivity index (χ0v) is 12.3. The Morgan fingerprint density at radius 1 is 1.19 bits per heavy atom. The predicted octanol–water partition coefficient (Wildman–Crippen LogP) is 3.00. The lowest BCUT2D eigenvalue weighted by Gasteiger charge is -2.29. The van der Waals surface area contributed by atoms with E-state index in [4.69, 9.17) is 0 Å². The number of para-hydroxylation sites is 1. The molecule has 1 N–H and O–H groups in total. The standard InChI is InChI=1S/C17H20N2O2/c1-11(2)12-7-9-13(10-8-12)19-16(20)14-5-3-4-6-15(14)18-17(19)21/h3-6,12-13H,1,7-10H2,2H3,(H,18,21). The van der Waals surface area contributed by atoms with E-state index in [2.05, 4.69) is 18.5 Å². The minimum absolute atomic E-state index is 0.00135.